The van der Waals surface area contributed by atoms with Gasteiger partial charge in [-0.1, -0.05) is 23.9 Å². The smallest absolute Gasteiger partial charge is 0.185 e. The first-order chi connectivity index (χ1) is 7.24. The van der Waals surface area contributed by atoms with Crippen molar-refractivity contribution < 1.29 is 9.59 Å². The lowest BCUT2D eigenvalue weighted by atomic mass is 10.2. The Morgan fingerprint density at radius 3 is 2.87 bits per heavy atom. The topological polar surface area (TPSA) is 34.1 Å². The van der Waals surface area contributed by atoms with Crippen LogP contribution in [0.3, 0.4) is 0 Å². The van der Waals surface area contributed by atoms with E-state index in [9.17, 15) is 9.59 Å². The second kappa shape index (κ2) is 6.58. The molecule has 0 aliphatic heterocycles. The first kappa shape index (κ1) is 12.2. The van der Waals surface area contributed by atoms with Crippen LogP contribution in [-0.4, -0.2) is 17.2 Å². The summed E-state index contributed by atoms with van der Waals surface area (Å²) in [7, 11) is 0. The van der Waals surface area contributed by atoms with Crippen LogP contribution in [0.25, 0.3) is 6.08 Å². The van der Waals surface area contributed by atoms with Crippen molar-refractivity contribution in [2.45, 2.75) is 13.3 Å². The molecular weight excluding hydrogens is 228 g/mol. The predicted molar refractivity (Wildman–Crippen MR) is 66.5 cm³/mol. The van der Waals surface area contributed by atoms with Crippen molar-refractivity contribution in [1.29, 1.82) is 0 Å². The van der Waals surface area contributed by atoms with Crippen LogP contribution in [0, 0.1) is 0 Å². The van der Waals surface area contributed by atoms with Crippen LogP contribution in [0.2, 0.25) is 0 Å². The summed E-state index contributed by atoms with van der Waals surface area (Å²) < 4.78 is 0. The van der Waals surface area contributed by atoms with E-state index in [1.807, 2.05) is 22.9 Å². The van der Waals surface area contributed by atoms with E-state index in [4.69, 9.17) is 0 Å². The molecule has 0 spiro atoms. The second-order valence-corrected chi connectivity index (χ2v) is 4.95. The molecule has 0 atom stereocenters. The number of hydrogen-bond donors (Lipinski definition) is 0. The molecule has 4 heteroatoms. The number of thioether (sulfide) groups is 1. The number of rotatable bonds is 5. The molecule has 0 fully saturated rings. The Morgan fingerprint density at radius 2 is 2.20 bits per heavy atom. The minimum atomic E-state index is 0.146. The molecule has 0 N–H and O–H groups in total. The molecule has 1 aromatic rings. The first-order valence-electron chi connectivity index (χ1n) is 4.55. The van der Waals surface area contributed by atoms with Crippen LogP contribution in [0.4, 0.5) is 0 Å². The molecule has 0 saturated heterocycles. The van der Waals surface area contributed by atoms with E-state index in [0.717, 1.165) is 29.6 Å². The predicted octanol–water partition coefficient (Wildman–Crippen LogP) is 3.24. The maximum atomic E-state index is 10.6. The van der Waals surface area contributed by atoms with E-state index in [-0.39, 0.29) is 5.12 Å². The molecule has 1 heterocycles. The summed E-state index contributed by atoms with van der Waals surface area (Å²) in [5.41, 5.74) is 1.69. The molecule has 0 saturated carbocycles. The van der Waals surface area contributed by atoms with E-state index in [1.54, 1.807) is 6.92 Å². The summed E-state index contributed by atoms with van der Waals surface area (Å²) in [6.45, 7) is 1.57. The average molecular weight is 240 g/mol. The highest BCUT2D eigenvalue weighted by Gasteiger charge is 1.97. The third-order valence-electron chi connectivity index (χ3n) is 1.74. The molecular formula is C11H12O2S2. The zero-order valence-corrected chi connectivity index (χ0v) is 10.1. The molecule has 80 valence electrons. The number of hydrogen-bond acceptors (Lipinski definition) is 4. The molecule has 0 bridgehead atoms. The van der Waals surface area contributed by atoms with Crippen molar-refractivity contribution in [3.05, 3.63) is 28.0 Å². The second-order valence-electron chi connectivity index (χ2n) is 2.93. The van der Waals surface area contributed by atoms with Crippen molar-refractivity contribution >= 4 is 40.6 Å². The van der Waals surface area contributed by atoms with Gasteiger partial charge in [0.2, 0.25) is 0 Å². The van der Waals surface area contributed by atoms with Crippen LogP contribution < -0.4 is 0 Å². The summed E-state index contributed by atoms with van der Waals surface area (Å²) in [5, 5.41) is 3.92. The fraction of sp³-hybridized carbons (Fsp3) is 0.273. The Bertz CT molecular complexity index is 366. The van der Waals surface area contributed by atoms with Gasteiger partial charge < -0.3 is 0 Å². The van der Waals surface area contributed by atoms with Gasteiger partial charge in [0.15, 0.2) is 11.4 Å². The van der Waals surface area contributed by atoms with Gasteiger partial charge in [-0.2, -0.15) is 11.3 Å². The van der Waals surface area contributed by atoms with Gasteiger partial charge in [-0.05, 0) is 17.4 Å². The molecule has 2 nitrogen and oxygen atoms in total. The zero-order valence-electron chi connectivity index (χ0n) is 8.43. The average Bonchev–Trinajstić information content (AvgIpc) is 2.64. The number of carbonyl (C=O) groups is 2. The number of aldehydes is 1. The van der Waals surface area contributed by atoms with Gasteiger partial charge in [0.25, 0.3) is 0 Å². The quantitative estimate of drug-likeness (QED) is 0.585. The minimum Gasteiger partial charge on any atom is -0.298 e. The van der Waals surface area contributed by atoms with Crippen molar-refractivity contribution in [3.8, 4) is 0 Å². The van der Waals surface area contributed by atoms with Crippen molar-refractivity contribution in [3.63, 3.8) is 0 Å². The van der Waals surface area contributed by atoms with Gasteiger partial charge in [-0.3, -0.25) is 9.59 Å². The number of carbonyl (C=O) groups excluding carboxylic acids is 2. The maximum Gasteiger partial charge on any atom is 0.185 e. The van der Waals surface area contributed by atoms with Crippen LogP contribution in [0.5, 0.6) is 0 Å². The molecule has 0 aliphatic carbocycles. The van der Waals surface area contributed by atoms with Crippen molar-refractivity contribution in [1.82, 2.24) is 0 Å². The Morgan fingerprint density at radius 1 is 1.47 bits per heavy atom. The van der Waals surface area contributed by atoms with Gasteiger partial charge >= 0.3 is 0 Å². The molecule has 0 radical (unpaired) electrons. The lowest BCUT2D eigenvalue weighted by molar-refractivity contribution is -0.109. The highest BCUT2D eigenvalue weighted by atomic mass is 32.2. The van der Waals surface area contributed by atoms with Gasteiger partial charge in [0, 0.05) is 23.6 Å². The summed E-state index contributed by atoms with van der Waals surface area (Å²) in [4.78, 5) is 21.2. The normalized spacial score (nSPS) is 10.7. The molecule has 1 aromatic heterocycles. The number of allylic oxidation sites excluding steroid dienone is 1. The fourth-order valence-corrected chi connectivity index (χ4v) is 2.34. The molecule has 0 aliphatic rings. The monoisotopic (exact) mass is 240 g/mol. The van der Waals surface area contributed by atoms with Crippen LogP contribution >= 0.6 is 23.1 Å². The largest absolute Gasteiger partial charge is 0.298 e. The van der Waals surface area contributed by atoms with Crippen LogP contribution in [-0.2, 0) is 4.79 Å². The van der Waals surface area contributed by atoms with E-state index in [2.05, 4.69) is 0 Å². The van der Waals surface area contributed by atoms with Crippen molar-refractivity contribution in [2.24, 2.45) is 0 Å². The lowest BCUT2D eigenvalue weighted by Crippen LogP contribution is -1.83. The third-order valence-corrected chi connectivity index (χ3v) is 3.36. The van der Waals surface area contributed by atoms with Crippen molar-refractivity contribution in [2.75, 3.05) is 5.75 Å². The number of thiophene rings is 1. The standard InChI is InChI=1S/C11H12O2S2/c1-9(13)15-5-3-2-4-10-7-14-8-11(10)6-12/h2,4,6-8H,3,5H2,1H3. The first-order valence-corrected chi connectivity index (χ1v) is 6.48. The molecule has 1 rings (SSSR count). The summed E-state index contributed by atoms with van der Waals surface area (Å²) in [6.07, 6.45) is 5.63. The van der Waals surface area contributed by atoms with Crippen LogP contribution in [0.15, 0.2) is 16.8 Å². The van der Waals surface area contributed by atoms with E-state index >= 15 is 0 Å². The zero-order chi connectivity index (χ0) is 11.1. The molecule has 0 aromatic carbocycles. The van der Waals surface area contributed by atoms with Gasteiger partial charge in [0.1, 0.15) is 0 Å². The Balaban J connectivity index is 2.38. The van der Waals surface area contributed by atoms with Gasteiger partial charge in [0.05, 0.1) is 0 Å². The third kappa shape index (κ3) is 4.44. The highest BCUT2D eigenvalue weighted by molar-refractivity contribution is 8.13. The van der Waals surface area contributed by atoms with E-state index < -0.39 is 0 Å². The fourth-order valence-electron chi connectivity index (χ4n) is 1.03. The molecule has 15 heavy (non-hydrogen) atoms. The molecule has 0 amide bonds. The van der Waals surface area contributed by atoms with Gasteiger partial charge in [-0.25, -0.2) is 0 Å². The Kier molecular flexibility index (Phi) is 5.36. The van der Waals surface area contributed by atoms with Crippen LogP contribution in [0.1, 0.15) is 29.3 Å². The highest BCUT2D eigenvalue weighted by Crippen LogP contribution is 2.15. The summed E-state index contributed by atoms with van der Waals surface area (Å²) in [5.74, 6) is 0.798. The Hall–Kier alpha value is -0.870. The Labute approximate surface area is 97.4 Å². The SMILES string of the molecule is CC(=O)SCCC=Cc1cscc1C=O. The summed E-state index contributed by atoms with van der Waals surface area (Å²) >= 11 is 2.84. The van der Waals surface area contributed by atoms with E-state index in [0.29, 0.717) is 0 Å². The molecule has 0 unspecified atom stereocenters. The van der Waals surface area contributed by atoms with E-state index in [1.165, 1.54) is 23.1 Å². The van der Waals surface area contributed by atoms with Gasteiger partial charge in [-0.15, -0.1) is 0 Å². The minimum absolute atomic E-state index is 0.146. The summed E-state index contributed by atoms with van der Waals surface area (Å²) in [6, 6.07) is 0. The lowest BCUT2D eigenvalue weighted by Gasteiger charge is -1.91. The maximum absolute atomic E-state index is 10.6.